The lowest BCUT2D eigenvalue weighted by Crippen LogP contribution is -1.78. The van der Waals surface area contributed by atoms with Gasteiger partial charge in [0.2, 0.25) is 0 Å². The lowest BCUT2D eigenvalue weighted by atomic mass is 10.1. The summed E-state index contributed by atoms with van der Waals surface area (Å²) in [6, 6.07) is 15.0. The topological polar surface area (TPSA) is 12.9 Å². The summed E-state index contributed by atoms with van der Waals surface area (Å²) in [4.78, 5) is 4.61. The van der Waals surface area contributed by atoms with Crippen LogP contribution in [0, 0.1) is 5.82 Å². The Bertz CT molecular complexity index is 850. The zero-order valence-corrected chi connectivity index (χ0v) is 10.2. The molecule has 0 aliphatic carbocycles. The van der Waals surface area contributed by atoms with Crippen molar-refractivity contribution in [3.8, 4) is 10.6 Å². The lowest BCUT2D eigenvalue weighted by molar-refractivity contribution is 0.630. The summed E-state index contributed by atoms with van der Waals surface area (Å²) in [6.07, 6.45) is 0. The van der Waals surface area contributed by atoms with Gasteiger partial charge >= 0.3 is 0 Å². The summed E-state index contributed by atoms with van der Waals surface area (Å²) < 4.78 is 14.3. The third kappa shape index (κ3) is 1.34. The Morgan fingerprint density at radius 3 is 2.83 bits per heavy atom. The van der Waals surface area contributed by atoms with Crippen LogP contribution in [-0.2, 0) is 0 Å². The molecule has 0 spiro atoms. The molecule has 0 radical (unpaired) electrons. The van der Waals surface area contributed by atoms with Gasteiger partial charge in [0.15, 0.2) is 0 Å². The third-order valence-corrected chi connectivity index (χ3v) is 4.22. The van der Waals surface area contributed by atoms with Crippen molar-refractivity contribution in [1.29, 1.82) is 0 Å². The SMILES string of the molecule is Fc1ccc2sc3nc4ccccc4c-3cc2c1. The van der Waals surface area contributed by atoms with Gasteiger partial charge in [-0.1, -0.05) is 18.2 Å². The second kappa shape index (κ2) is 3.50. The molecule has 0 atom stereocenters. The lowest BCUT2D eigenvalue weighted by Gasteiger charge is -2.01. The molecular weight excluding hydrogens is 245 g/mol. The maximum Gasteiger partial charge on any atom is 0.125 e. The summed E-state index contributed by atoms with van der Waals surface area (Å²) >= 11 is 1.61. The second-order valence-electron chi connectivity index (χ2n) is 4.28. The molecule has 3 heteroatoms. The Balaban J connectivity index is 2.21. The van der Waals surface area contributed by atoms with Crippen molar-refractivity contribution in [2.45, 2.75) is 0 Å². The van der Waals surface area contributed by atoms with Crippen LogP contribution in [0.25, 0.3) is 31.6 Å². The number of nitrogens with zero attached hydrogens (tertiary/aromatic N) is 1. The zero-order chi connectivity index (χ0) is 12.1. The molecule has 0 fully saturated rings. The Kier molecular flexibility index (Phi) is 1.94. The highest BCUT2D eigenvalue weighted by Gasteiger charge is 2.13. The summed E-state index contributed by atoms with van der Waals surface area (Å²) in [6.45, 7) is 0. The van der Waals surface area contributed by atoms with Gasteiger partial charge in [0, 0.05) is 15.6 Å². The number of halogens is 1. The van der Waals surface area contributed by atoms with Gasteiger partial charge in [0.1, 0.15) is 10.8 Å². The van der Waals surface area contributed by atoms with Gasteiger partial charge in [-0.25, -0.2) is 9.37 Å². The van der Waals surface area contributed by atoms with Gasteiger partial charge in [-0.05, 0) is 35.7 Å². The summed E-state index contributed by atoms with van der Waals surface area (Å²) in [5, 5.41) is 3.08. The minimum atomic E-state index is -0.196. The van der Waals surface area contributed by atoms with E-state index in [4.69, 9.17) is 0 Å². The van der Waals surface area contributed by atoms with Crippen LogP contribution >= 0.6 is 11.3 Å². The van der Waals surface area contributed by atoms with Crippen molar-refractivity contribution < 1.29 is 4.39 Å². The highest BCUT2D eigenvalue weighted by molar-refractivity contribution is 7.21. The van der Waals surface area contributed by atoms with Crippen molar-refractivity contribution >= 4 is 32.3 Å². The van der Waals surface area contributed by atoms with Crippen LogP contribution in [-0.4, -0.2) is 4.98 Å². The molecule has 2 heterocycles. The molecule has 1 nitrogen and oxygen atoms in total. The van der Waals surface area contributed by atoms with Gasteiger partial charge in [-0.3, -0.25) is 0 Å². The smallest absolute Gasteiger partial charge is 0.125 e. The number of rotatable bonds is 0. The molecule has 86 valence electrons. The Labute approximate surface area is 107 Å². The maximum atomic E-state index is 13.3. The number of hydrogen-bond acceptors (Lipinski definition) is 2. The van der Waals surface area contributed by atoms with Gasteiger partial charge in [-0.2, -0.15) is 0 Å². The average Bonchev–Trinajstić information content (AvgIpc) is 2.74. The van der Waals surface area contributed by atoms with E-state index in [9.17, 15) is 4.39 Å². The van der Waals surface area contributed by atoms with Crippen LogP contribution in [0.1, 0.15) is 0 Å². The van der Waals surface area contributed by atoms with Crippen molar-refractivity contribution in [2.75, 3.05) is 0 Å². The first kappa shape index (κ1) is 9.97. The first-order valence-corrected chi connectivity index (χ1v) is 6.50. The van der Waals surface area contributed by atoms with Gasteiger partial charge < -0.3 is 0 Å². The highest BCUT2D eigenvalue weighted by atomic mass is 32.1. The van der Waals surface area contributed by atoms with Crippen LogP contribution in [0.2, 0.25) is 0 Å². The Morgan fingerprint density at radius 2 is 1.89 bits per heavy atom. The molecule has 18 heavy (non-hydrogen) atoms. The van der Waals surface area contributed by atoms with E-state index in [2.05, 4.69) is 11.1 Å². The van der Waals surface area contributed by atoms with Crippen molar-refractivity contribution in [3.63, 3.8) is 0 Å². The van der Waals surface area contributed by atoms with E-state index in [1.54, 1.807) is 17.4 Å². The van der Waals surface area contributed by atoms with Crippen LogP contribution in [0.15, 0.2) is 48.5 Å². The first-order valence-electron chi connectivity index (χ1n) is 5.69. The molecule has 4 rings (SSSR count). The Morgan fingerprint density at radius 1 is 1.00 bits per heavy atom. The second-order valence-corrected chi connectivity index (χ2v) is 5.31. The molecule has 2 aliphatic heterocycles. The summed E-state index contributed by atoms with van der Waals surface area (Å²) in [7, 11) is 0. The van der Waals surface area contributed by atoms with Crippen molar-refractivity contribution in [1.82, 2.24) is 4.98 Å². The van der Waals surface area contributed by atoms with E-state index in [-0.39, 0.29) is 5.82 Å². The fourth-order valence-corrected chi connectivity index (χ4v) is 3.29. The number of fused-ring (bicyclic) bond motifs is 4. The van der Waals surface area contributed by atoms with Crippen LogP contribution < -0.4 is 0 Å². The van der Waals surface area contributed by atoms with E-state index in [0.29, 0.717) is 0 Å². The molecule has 0 bridgehead atoms. The van der Waals surface area contributed by atoms with Crippen LogP contribution in [0.4, 0.5) is 4.39 Å². The quantitative estimate of drug-likeness (QED) is 0.443. The maximum absolute atomic E-state index is 13.3. The van der Waals surface area contributed by atoms with Crippen molar-refractivity contribution in [3.05, 3.63) is 54.3 Å². The van der Waals surface area contributed by atoms with E-state index in [1.165, 1.54) is 6.07 Å². The molecule has 0 N–H and O–H groups in total. The van der Waals surface area contributed by atoms with Gasteiger partial charge in [-0.15, -0.1) is 11.3 Å². The van der Waals surface area contributed by atoms with E-state index < -0.39 is 0 Å². The zero-order valence-electron chi connectivity index (χ0n) is 9.35. The van der Waals surface area contributed by atoms with E-state index in [1.807, 2.05) is 30.3 Å². The number of aromatic nitrogens is 1. The summed E-state index contributed by atoms with van der Waals surface area (Å²) in [5.41, 5.74) is 2.10. The molecule has 2 aromatic carbocycles. The standard InChI is InChI=1S/C15H8FNS/c16-10-5-6-14-9(7-10)8-12-11-3-1-2-4-13(11)17-15(12)18-14/h1-8H. The molecule has 0 aromatic heterocycles. The minimum absolute atomic E-state index is 0.196. The fraction of sp³-hybridized carbons (Fsp3) is 0. The molecule has 2 aromatic rings. The van der Waals surface area contributed by atoms with Crippen LogP contribution in [0.3, 0.4) is 0 Å². The van der Waals surface area contributed by atoms with E-state index >= 15 is 0 Å². The number of benzene rings is 2. The molecule has 0 saturated heterocycles. The molecule has 0 amide bonds. The first-order chi connectivity index (χ1) is 8.81. The highest BCUT2D eigenvalue weighted by Crippen LogP contribution is 2.38. The molecular formula is C15H8FNS. The molecule has 2 aliphatic rings. The predicted octanol–water partition coefficient (Wildman–Crippen LogP) is 4.69. The summed E-state index contributed by atoms with van der Waals surface area (Å²) in [5.74, 6) is -0.196. The number of hydrogen-bond donors (Lipinski definition) is 0. The Hall–Kier alpha value is -2.00. The average molecular weight is 253 g/mol. The monoisotopic (exact) mass is 253 g/mol. The largest absolute Gasteiger partial charge is 0.237 e. The van der Waals surface area contributed by atoms with Crippen LogP contribution in [0.5, 0.6) is 0 Å². The van der Waals surface area contributed by atoms with E-state index in [0.717, 1.165) is 31.6 Å². The normalized spacial score (nSPS) is 11.6. The molecule has 0 unspecified atom stereocenters. The predicted molar refractivity (Wildman–Crippen MR) is 73.7 cm³/mol. The molecule has 0 saturated carbocycles. The third-order valence-electron chi connectivity index (χ3n) is 3.12. The van der Waals surface area contributed by atoms with Gasteiger partial charge in [0.25, 0.3) is 0 Å². The fourth-order valence-electron chi connectivity index (χ4n) is 2.29. The number of para-hydroxylation sites is 1. The van der Waals surface area contributed by atoms with Crippen molar-refractivity contribution in [2.24, 2.45) is 0 Å². The minimum Gasteiger partial charge on any atom is -0.237 e. The van der Waals surface area contributed by atoms with Gasteiger partial charge in [0.05, 0.1) is 5.52 Å².